The molecule has 2 bridgehead atoms. The fourth-order valence-electron chi connectivity index (χ4n) is 4.62. The van der Waals surface area contributed by atoms with E-state index in [1.807, 2.05) is 18.2 Å². The van der Waals surface area contributed by atoms with E-state index >= 15 is 0 Å². The van der Waals surface area contributed by atoms with Crippen LogP contribution in [0, 0.1) is 17.8 Å². The molecule has 0 unspecified atom stereocenters. The second kappa shape index (κ2) is 8.03. The van der Waals surface area contributed by atoms with E-state index in [9.17, 15) is 9.59 Å². The van der Waals surface area contributed by atoms with E-state index in [0.717, 1.165) is 42.0 Å². The maximum atomic E-state index is 12.2. The van der Waals surface area contributed by atoms with Crippen LogP contribution >= 0.6 is 0 Å². The van der Waals surface area contributed by atoms with E-state index in [-0.39, 0.29) is 18.5 Å². The van der Waals surface area contributed by atoms with Gasteiger partial charge in [-0.1, -0.05) is 38.5 Å². The molecule has 0 aromatic heterocycles. The number of carbonyl (C=O) groups excluding carboxylic acids is 2. The summed E-state index contributed by atoms with van der Waals surface area (Å²) in [6, 6.07) is 6.06. The molecule has 3 atom stereocenters. The number of anilines is 1. The topological polar surface area (TPSA) is 55.4 Å². The van der Waals surface area contributed by atoms with Gasteiger partial charge in [0.2, 0.25) is 0 Å². The Morgan fingerprint density at radius 3 is 2.40 bits per heavy atom. The largest absolute Gasteiger partial charge is 0.456 e. The molecule has 2 aliphatic rings. The third-order valence-electron chi connectivity index (χ3n) is 5.94. The Morgan fingerprint density at radius 1 is 1.12 bits per heavy atom. The summed E-state index contributed by atoms with van der Waals surface area (Å²) in [4.78, 5) is 24.3. The van der Waals surface area contributed by atoms with E-state index in [1.165, 1.54) is 19.3 Å². The second-order valence-electron chi connectivity index (χ2n) is 7.51. The van der Waals surface area contributed by atoms with Gasteiger partial charge in [-0.25, -0.2) is 0 Å². The van der Waals surface area contributed by atoms with Gasteiger partial charge in [0.05, 0.1) is 0 Å². The molecule has 4 heteroatoms. The minimum atomic E-state index is -0.253. The highest BCUT2D eigenvalue weighted by atomic mass is 16.5. The SMILES string of the molecule is CCc1cccc(CC)c1NC(=O)COC(=O)C[C@H]1C[C@H]2CC[C@@H]1C2. The van der Waals surface area contributed by atoms with Gasteiger partial charge in [-0.15, -0.1) is 0 Å². The highest BCUT2D eigenvalue weighted by Crippen LogP contribution is 2.49. The number of para-hydroxylation sites is 1. The molecule has 0 saturated heterocycles. The summed E-state index contributed by atoms with van der Waals surface area (Å²) in [6.07, 6.45) is 7.22. The Morgan fingerprint density at radius 2 is 1.84 bits per heavy atom. The predicted molar refractivity (Wildman–Crippen MR) is 98.3 cm³/mol. The summed E-state index contributed by atoms with van der Waals surface area (Å²) in [5.74, 6) is 1.52. The molecule has 0 radical (unpaired) electrons. The average Bonchev–Trinajstić information content (AvgIpc) is 3.23. The van der Waals surface area contributed by atoms with Crippen LogP contribution in [0.3, 0.4) is 0 Å². The zero-order valence-electron chi connectivity index (χ0n) is 15.3. The number of nitrogens with one attached hydrogen (secondary N) is 1. The molecule has 3 rings (SSSR count). The number of hydrogen-bond acceptors (Lipinski definition) is 3. The molecule has 2 saturated carbocycles. The minimum absolute atomic E-state index is 0.194. The number of fused-ring (bicyclic) bond motifs is 2. The number of aryl methyl sites for hydroxylation is 2. The van der Waals surface area contributed by atoms with E-state index in [2.05, 4.69) is 19.2 Å². The summed E-state index contributed by atoms with van der Waals surface area (Å²) < 4.78 is 5.24. The minimum Gasteiger partial charge on any atom is -0.456 e. The van der Waals surface area contributed by atoms with Crippen molar-refractivity contribution >= 4 is 17.6 Å². The van der Waals surface area contributed by atoms with Gasteiger partial charge >= 0.3 is 5.97 Å². The van der Waals surface area contributed by atoms with Crippen LogP contribution in [0.4, 0.5) is 5.69 Å². The third kappa shape index (κ3) is 4.23. The summed E-state index contributed by atoms with van der Waals surface area (Å²) >= 11 is 0. The Bertz CT molecular complexity index is 618. The Balaban J connectivity index is 1.49. The molecule has 1 N–H and O–H groups in total. The summed E-state index contributed by atoms with van der Waals surface area (Å²) in [5.41, 5.74) is 3.10. The standard InChI is InChI=1S/C21H29NO3/c1-3-15-6-5-7-16(4-2)21(15)22-19(23)13-25-20(24)12-18-11-14-8-9-17(18)10-14/h5-7,14,17-18H,3-4,8-13H2,1-2H3,(H,22,23)/t14-,17+,18+/m0/s1. The van der Waals surface area contributed by atoms with E-state index < -0.39 is 0 Å². The maximum Gasteiger partial charge on any atom is 0.306 e. The number of ether oxygens (including phenoxy) is 1. The molecule has 2 aliphatic carbocycles. The van der Waals surface area contributed by atoms with Gasteiger partial charge in [0.15, 0.2) is 6.61 Å². The number of benzene rings is 1. The zero-order valence-corrected chi connectivity index (χ0v) is 15.3. The smallest absolute Gasteiger partial charge is 0.306 e. The lowest BCUT2D eigenvalue weighted by Crippen LogP contribution is -2.24. The Kier molecular flexibility index (Phi) is 5.77. The van der Waals surface area contributed by atoms with Crippen molar-refractivity contribution in [2.24, 2.45) is 17.8 Å². The van der Waals surface area contributed by atoms with Gasteiger partial charge < -0.3 is 10.1 Å². The third-order valence-corrected chi connectivity index (χ3v) is 5.94. The first-order valence-electron chi connectivity index (χ1n) is 9.66. The van der Waals surface area contributed by atoms with E-state index in [4.69, 9.17) is 4.74 Å². The van der Waals surface area contributed by atoms with Crippen LogP contribution in [0.1, 0.15) is 57.1 Å². The van der Waals surface area contributed by atoms with Crippen LogP contribution in [0.15, 0.2) is 18.2 Å². The van der Waals surface area contributed by atoms with Gasteiger partial charge in [0, 0.05) is 12.1 Å². The fourth-order valence-corrected chi connectivity index (χ4v) is 4.62. The highest BCUT2D eigenvalue weighted by Gasteiger charge is 2.40. The normalized spacial score (nSPS) is 24.3. The molecule has 1 aromatic carbocycles. The predicted octanol–water partition coefficient (Wildman–Crippen LogP) is 4.12. The van der Waals surface area contributed by atoms with Gasteiger partial charge in [0.1, 0.15) is 0 Å². The van der Waals surface area contributed by atoms with Crippen molar-refractivity contribution < 1.29 is 14.3 Å². The molecular formula is C21H29NO3. The molecule has 4 nitrogen and oxygen atoms in total. The zero-order chi connectivity index (χ0) is 17.8. The molecule has 0 heterocycles. The lowest BCUT2D eigenvalue weighted by atomic mass is 9.86. The van der Waals surface area contributed by atoms with Gasteiger partial charge in [-0.3, -0.25) is 9.59 Å². The monoisotopic (exact) mass is 343 g/mol. The van der Waals surface area contributed by atoms with Gasteiger partial charge in [0.25, 0.3) is 5.91 Å². The molecule has 2 fully saturated rings. The summed E-state index contributed by atoms with van der Waals surface area (Å²) in [5, 5.41) is 2.94. The molecular weight excluding hydrogens is 314 g/mol. The fraction of sp³-hybridized carbons (Fsp3) is 0.619. The van der Waals surface area contributed by atoms with E-state index in [1.54, 1.807) is 0 Å². The molecule has 25 heavy (non-hydrogen) atoms. The molecule has 1 aromatic rings. The van der Waals surface area contributed by atoms with Crippen molar-refractivity contribution in [3.63, 3.8) is 0 Å². The van der Waals surface area contributed by atoms with Crippen molar-refractivity contribution in [1.29, 1.82) is 0 Å². The van der Waals surface area contributed by atoms with E-state index in [0.29, 0.717) is 18.3 Å². The van der Waals surface area contributed by atoms with Crippen molar-refractivity contribution in [2.75, 3.05) is 11.9 Å². The molecule has 0 spiro atoms. The second-order valence-corrected chi connectivity index (χ2v) is 7.51. The number of rotatable bonds is 7. The van der Waals surface area contributed by atoms with Crippen LogP contribution in [-0.4, -0.2) is 18.5 Å². The molecule has 136 valence electrons. The number of amides is 1. The van der Waals surface area contributed by atoms with Crippen LogP contribution in [-0.2, 0) is 27.2 Å². The molecule has 1 amide bonds. The quantitative estimate of drug-likeness (QED) is 0.758. The lowest BCUT2D eigenvalue weighted by Gasteiger charge is -2.20. The van der Waals surface area contributed by atoms with Crippen LogP contribution in [0.2, 0.25) is 0 Å². The van der Waals surface area contributed by atoms with Crippen LogP contribution in [0.5, 0.6) is 0 Å². The Labute approximate surface area is 150 Å². The Hall–Kier alpha value is -1.84. The highest BCUT2D eigenvalue weighted by molar-refractivity contribution is 5.94. The first-order chi connectivity index (χ1) is 12.1. The van der Waals surface area contributed by atoms with Gasteiger partial charge in [-0.2, -0.15) is 0 Å². The summed E-state index contributed by atoms with van der Waals surface area (Å²) in [7, 11) is 0. The van der Waals surface area contributed by atoms with Crippen LogP contribution in [0.25, 0.3) is 0 Å². The van der Waals surface area contributed by atoms with Crippen molar-refractivity contribution in [3.05, 3.63) is 29.3 Å². The maximum absolute atomic E-state index is 12.2. The number of esters is 1. The van der Waals surface area contributed by atoms with Crippen LogP contribution < -0.4 is 5.32 Å². The number of hydrogen-bond donors (Lipinski definition) is 1. The summed E-state index contributed by atoms with van der Waals surface area (Å²) in [6.45, 7) is 3.94. The van der Waals surface area contributed by atoms with Gasteiger partial charge in [-0.05, 0) is 61.0 Å². The first kappa shape index (κ1) is 18.0. The molecule has 0 aliphatic heterocycles. The van der Waals surface area contributed by atoms with Crippen molar-refractivity contribution in [1.82, 2.24) is 0 Å². The van der Waals surface area contributed by atoms with Crippen molar-refractivity contribution in [3.8, 4) is 0 Å². The lowest BCUT2D eigenvalue weighted by molar-refractivity contribution is -0.148. The number of carbonyl (C=O) groups is 2. The first-order valence-corrected chi connectivity index (χ1v) is 9.66. The van der Waals surface area contributed by atoms with Crippen molar-refractivity contribution in [2.45, 2.75) is 58.8 Å². The average molecular weight is 343 g/mol.